The quantitative estimate of drug-likeness (QED) is 0.385. The van der Waals surface area contributed by atoms with E-state index in [1.807, 2.05) is 0 Å². The highest BCUT2D eigenvalue weighted by Gasteiger charge is 2.37. The number of nitrogens with zero attached hydrogens (tertiary/aromatic N) is 3. The number of morpholine rings is 3. The lowest BCUT2D eigenvalue weighted by molar-refractivity contribution is 0.0729. The highest BCUT2D eigenvalue weighted by atomic mass is 32.2. The Morgan fingerprint density at radius 2 is 0.975 bits per heavy atom. The number of fused-ring (bicyclic) bond motifs is 3. The van der Waals surface area contributed by atoms with Crippen LogP contribution < -0.4 is 0 Å². The van der Waals surface area contributed by atoms with Crippen molar-refractivity contribution in [1.82, 2.24) is 12.9 Å². The van der Waals surface area contributed by atoms with Gasteiger partial charge in [0.2, 0.25) is 30.1 Å². The normalized spacial score (nSPS) is 21.7. The van der Waals surface area contributed by atoms with Gasteiger partial charge in [0.25, 0.3) is 0 Å². The van der Waals surface area contributed by atoms with Crippen LogP contribution in [0.3, 0.4) is 0 Å². The van der Waals surface area contributed by atoms with Crippen LogP contribution in [0.15, 0.2) is 45.0 Å². The minimum absolute atomic E-state index is 0.0960. The first kappa shape index (κ1) is 28.2. The molecular weight excluding hydrogens is 582 g/mol. The highest BCUT2D eigenvalue weighted by Crippen LogP contribution is 2.44. The smallest absolute Gasteiger partial charge is 0.243 e. The summed E-state index contributed by atoms with van der Waals surface area (Å²) >= 11 is 0. The van der Waals surface area contributed by atoms with Crippen molar-refractivity contribution in [2.24, 2.45) is 0 Å². The van der Waals surface area contributed by atoms with Crippen molar-refractivity contribution in [3.05, 3.63) is 41.5 Å². The van der Waals surface area contributed by atoms with Crippen molar-refractivity contribution in [3.8, 4) is 11.1 Å². The van der Waals surface area contributed by atoms with Crippen LogP contribution in [0, 0.1) is 0 Å². The van der Waals surface area contributed by atoms with Crippen LogP contribution in [0.5, 0.6) is 0 Å². The Morgan fingerprint density at radius 1 is 0.525 bits per heavy atom. The Bertz CT molecular complexity index is 1620. The lowest BCUT2D eigenvalue weighted by Gasteiger charge is -2.29. The molecule has 0 amide bonds. The predicted octanol–water partition coefficient (Wildman–Crippen LogP) is 0.321. The van der Waals surface area contributed by atoms with Gasteiger partial charge in [-0.15, -0.1) is 0 Å². The average Bonchev–Trinajstić information content (AvgIpc) is 3.36. The summed E-state index contributed by atoms with van der Waals surface area (Å²) in [5, 5.41) is 0. The summed E-state index contributed by atoms with van der Waals surface area (Å²) in [6, 6.07) is 7.46. The molecule has 0 bridgehead atoms. The van der Waals surface area contributed by atoms with Gasteiger partial charge >= 0.3 is 0 Å². The fraction of sp³-hybridized carbons (Fsp3) is 0.520. The SMILES string of the molecule is O=S(=O)(c1ccc2c(c1)Cc1cc(S(=O)(=O)N3CCOCC3)cc(S(=O)(=O)N3CCOCC3)c1-2)N1CCOCC1. The van der Waals surface area contributed by atoms with Crippen molar-refractivity contribution in [3.63, 3.8) is 0 Å². The Labute approximate surface area is 234 Å². The van der Waals surface area contributed by atoms with Crippen molar-refractivity contribution in [1.29, 1.82) is 0 Å². The summed E-state index contributed by atoms with van der Waals surface area (Å²) in [6.45, 7) is 2.80. The largest absolute Gasteiger partial charge is 0.379 e. The minimum atomic E-state index is -4.09. The molecule has 3 saturated heterocycles. The van der Waals surface area contributed by atoms with Crippen LogP contribution in [-0.2, 0) is 50.7 Å². The van der Waals surface area contributed by atoms with Gasteiger partial charge in [-0.3, -0.25) is 0 Å². The van der Waals surface area contributed by atoms with E-state index in [0.29, 0.717) is 35.5 Å². The monoisotopic (exact) mass is 613 g/mol. The summed E-state index contributed by atoms with van der Waals surface area (Å²) < 4.78 is 102. The Morgan fingerprint density at radius 3 is 1.50 bits per heavy atom. The van der Waals surface area contributed by atoms with Gasteiger partial charge in [-0.05, 0) is 47.4 Å². The van der Waals surface area contributed by atoms with Gasteiger partial charge in [0, 0.05) is 44.8 Å². The first-order valence-electron chi connectivity index (χ1n) is 13.1. The third-order valence-electron chi connectivity index (χ3n) is 7.69. The molecule has 3 aliphatic heterocycles. The molecule has 1 aliphatic carbocycles. The number of benzene rings is 2. The lowest BCUT2D eigenvalue weighted by Crippen LogP contribution is -2.41. The van der Waals surface area contributed by atoms with Gasteiger partial charge in [0.05, 0.1) is 54.3 Å². The molecule has 0 aromatic heterocycles. The van der Waals surface area contributed by atoms with Gasteiger partial charge in [0.15, 0.2) is 0 Å². The maximum Gasteiger partial charge on any atom is 0.243 e. The molecule has 2 aromatic rings. The topological polar surface area (TPSA) is 140 Å². The molecule has 0 unspecified atom stereocenters. The van der Waals surface area contributed by atoms with Crippen LogP contribution in [0.4, 0.5) is 0 Å². The molecule has 0 N–H and O–H groups in total. The average molecular weight is 614 g/mol. The van der Waals surface area contributed by atoms with Crippen molar-refractivity contribution in [2.75, 3.05) is 78.9 Å². The number of hydrogen-bond acceptors (Lipinski definition) is 9. The highest BCUT2D eigenvalue weighted by molar-refractivity contribution is 7.90. The zero-order chi connectivity index (χ0) is 28.1. The van der Waals surface area contributed by atoms with Gasteiger partial charge in [-0.25, -0.2) is 25.3 Å². The fourth-order valence-electron chi connectivity index (χ4n) is 5.57. The van der Waals surface area contributed by atoms with Crippen LogP contribution in [0.2, 0.25) is 0 Å². The minimum Gasteiger partial charge on any atom is -0.379 e. The maximum atomic E-state index is 14.0. The van der Waals surface area contributed by atoms with E-state index in [-0.39, 0.29) is 86.8 Å². The molecule has 3 heterocycles. The second-order valence-corrected chi connectivity index (χ2v) is 15.8. The first-order chi connectivity index (χ1) is 19.1. The van der Waals surface area contributed by atoms with E-state index in [1.165, 1.54) is 31.1 Å². The summed E-state index contributed by atoms with van der Waals surface area (Å²) in [4.78, 5) is -0.0880. The molecular formula is C25H31N3O9S3. The molecule has 4 aliphatic rings. The Hall–Kier alpha value is -1.95. The van der Waals surface area contributed by atoms with Crippen LogP contribution in [-0.4, -0.2) is 117 Å². The third-order valence-corrected chi connectivity index (χ3v) is 13.4. The van der Waals surface area contributed by atoms with Crippen LogP contribution in [0.1, 0.15) is 11.1 Å². The maximum absolute atomic E-state index is 14.0. The van der Waals surface area contributed by atoms with Gasteiger partial charge in [0.1, 0.15) is 0 Å². The molecule has 218 valence electrons. The van der Waals surface area contributed by atoms with Gasteiger partial charge in [-0.1, -0.05) is 6.07 Å². The van der Waals surface area contributed by atoms with E-state index in [4.69, 9.17) is 14.2 Å². The molecule has 0 spiro atoms. The molecule has 3 fully saturated rings. The van der Waals surface area contributed by atoms with E-state index in [1.54, 1.807) is 12.1 Å². The van der Waals surface area contributed by atoms with E-state index in [9.17, 15) is 25.3 Å². The molecule has 0 atom stereocenters. The van der Waals surface area contributed by atoms with Crippen molar-refractivity contribution in [2.45, 2.75) is 21.1 Å². The molecule has 2 aromatic carbocycles. The molecule has 15 heteroatoms. The number of sulfonamides is 3. The van der Waals surface area contributed by atoms with E-state index in [2.05, 4.69) is 0 Å². The number of hydrogen-bond donors (Lipinski definition) is 0. The molecule has 6 rings (SSSR count). The molecule has 12 nitrogen and oxygen atoms in total. The fourth-order valence-corrected chi connectivity index (χ4v) is 10.3. The summed E-state index contributed by atoms with van der Waals surface area (Å²) in [6.07, 6.45) is 0.204. The first-order valence-corrected chi connectivity index (χ1v) is 17.5. The van der Waals surface area contributed by atoms with Crippen LogP contribution >= 0.6 is 0 Å². The summed E-state index contributed by atoms with van der Waals surface area (Å²) in [5.41, 5.74) is 2.15. The number of rotatable bonds is 6. The second-order valence-electron chi connectivity index (χ2n) is 10.0. The van der Waals surface area contributed by atoms with E-state index < -0.39 is 30.1 Å². The van der Waals surface area contributed by atoms with Crippen LogP contribution in [0.25, 0.3) is 11.1 Å². The Balaban J connectivity index is 1.47. The third kappa shape index (κ3) is 4.90. The van der Waals surface area contributed by atoms with E-state index in [0.717, 1.165) is 0 Å². The molecule has 40 heavy (non-hydrogen) atoms. The summed E-state index contributed by atoms with van der Waals surface area (Å²) in [5.74, 6) is 0. The number of ether oxygens (including phenoxy) is 3. The zero-order valence-corrected chi connectivity index (χ0v) is 24.3. The zero-order valence-electron chi connectivity index (χ0n) is 21.8. The van der Waals surface area contributed by atoms with E-state index >= 15 is 0 Å². The second kappa shape index (κ2) is 10.7. The lowest BCUT2D eigenvalue weighted by atomic mass is 10.1. The Kier molecular flexibility index (Phi) is 7.55. The van der Waals surface area contributed by atoms with Gasteiger partial charge in [-0.2, -0.15) is 12.9 Å². The van der Waals surface area contributed by atoms with Crippen molar-refractivity contribution >= 4 is 30.1 Å². The standard InChI is InChI=1S/C25H31N3O9S3/c29-38(30,26-3-9-35-10-4-26)21-1-2-23-19(16-21)15-20-17-22(39(31,32)27-5-11-36-12-6-27)18-24(25(20)23)40(33,34)28-7-13-37-14-8-28/h1-2,16-18H,3-15H2. The summed E-state index contributed by atoms with van der Waals surface area (Å²) in [7, 11) is -11.9. The molecule has 0 saturated carbocycles. The van der Waals surface area contributed by atoms with Crippen molar-refractivity contribution < 1.29 is 39.5 Å². The molecule has 0 radical (unpaired) electrons. The van der Waals surface area contributed by atoms with Gasteiger partial charge < -0.3 is 14.2 Å². The predicted molar refractivity (Wildman–Crippen MR) is 143 cm³/mol.